The summed E-state index contributed by atoms with van der Waals surface area (Å²) in [7, 11) is 3.59. The summed E-state index contributed by atoms with van der Waals surface area (Å²) in [5, 5.41) is 4.91. The van der Waals surface area contributed by atoms with Crippen LogP contribution in [0.3, 0.4) is 0 Å². The van der Waals surface area contributed by atoms with Crippen LogP contribution in [-0.2, 0) is 12.8 Å². The Morgan fingerprint density at radius 1 is 1.29 bits per heavy atom. The molecule has 0 bridgehead atoms. The number of ether oxygens (including phenoxy) is 1. The highest BCUT2D eigenvalue weighted by molar-refractivity contribution is 7.98. The molecular formula is C14H14N4O2S. The molecule has 0 N–H and O–H groups in total. The molecule has 0 spiro atoms. The molecule has 0 aliphatic rings. The van der Waals surface area contributed by atoms with Gasteiger partial charge >= 0.3 is 0 Å². The number of methoxy groups -OCH3 is 1. The summed E-state index contributed by atoms with van der Waals surface area (Å²) < 4.78 is 12.4. The van der Waals surface area contributed by atoms with Crippen molar-refractivity contribution in [2.24, 2.45) is 7.05 Å². The first-order valence-electron chi connectivity index (χ1n) is 6.33. The monoisotopic (exact) mass is 302 g/mol. The zero-order valence-corrected chi connectivity index (χ0v) is 12.5. The van der Waals surface area contributed by atoms with Gasteiger partial charge in [-0.2, -0.15) is 4.98 Å². The molecule has 1 aromatic carbocycles. The van der Waals surface area contributed by atoms with E-state index in [1.54, 1.807) is 25.1 Å². The van der Waals surface area contributed by atoms with Crippen molar-refractivity contribution < 1.29 is 9.26 Å². The maximum absolute atomic E-state index is 5.28. The van der Waals surface area contributed by atoms with Gasteiger partial charge in [0, 0.05) is 25.0 Å². The van der Waals surface area contributed by atoms with Gasteiger partial charge in [0.05, 0.1) is 12.9 Å². The van der Waals surface area contributed by atoms with Gasteiger partial charge in [-0.25, -0.2) is 4.98 Å². The van der Waals surface area contributed by atoms with Crippen molar-refractivity contribution in [2.75, 3.05) is 7.11 Å². The number of benzene rings is 1. The largest absolute Gasteiger partial charge is 0.497 e. The maximum atomic E-state index is 5.28. The van der Waals surface area contributed by atoms with Crippen LogP contribution in [0.15, 0.2) is 46.3 Å². The van der Waals surface area contributed by atoms with Crippen LogP contribution >= 0.6 is 11.8 Å². The molecule has 7 heteroatoms. The number of aromatic nitrogens is 4. The Bertz CT molecular complexity index is 721. The average Bonchev–Trinajstić information content (AvgIpc) is 3.14. The van der Waals surface area contributed by atoms with Gasteiger partial charge in [0.15, 0.2) is 11.0 Å². The summed E-state index contributed by atoms with van der Waals surface area (Å²) in [6.45, 7) is 0. The van der Waals surface area contributed by atoms with Crippen molar-refractivity contribution in [1.82, 2.24) is 19.7 Å². The van der Waals surface area contributed by atoms with Crippen LogP contribution < -0.4 is 4.74 Å². The molecule has 2 heterocycles. The maximum Gasteiger partial charge on any atom is 0.257 e. The number of hydrogen-bond donors (Lipinski definition) is 0. The number of imidazole rings is 1. The molecule has 3 rings (SSSR count). The van der Waals surface area contributed by atoms with E-state index >= 15 is 0 Å². The molecule has 0 amide bonds. The van der Waals surface area contributed by atoms with Gasteiger partial charge in [0.25, 0.3) is 5.89 Å². The van der Waals surface area contributed by atoms with Crippen LogP contribution in [0, 0.1) is 0 Å². The van der Waals surface area contributed by atoms with Crippen LogP contribution in [0.4, 0.5) is 0 Å². The van der Waals surface area contributed by atoms with E-state index in [0.29, 0.717) is 17.5 Å². The van der Waals surface area contributed by atoms with Gasteiger partial charge in [0.2, 0.25) is 0 Å². The van der Waals surface area contributed by atoms with Crippen molar-refractivity contribution in [3.05, 3.63) is 42.5 Å². The van der Waals surface area contributed by atoms with Crippen LogP contribution in [0.1, 0.15) is 5.82 Å². The summed E-state index contributed by atoms with van der Waals surface area (Å²) >= 11 is 1.57. The molecule has 0 unspecified atom stereocenters. The number of aryl methyl sites for hydroxylation is 1. The van der Waals surface area contributed by atoms with Crippen LogP contribution in [0.25, 0.3) is 11.5 Å². The third-order valence-corrected chi connectivity index (χ3v) is 3.97. The Morgan fingerprint density at radius 2 is 2.10 bits per heavy atom. The third-order valence-electron chi connectivity index (χ3n) is 2.91. The van der Waals surface area contributed by atoms with Crippen LogP contribution in [0.2, 0.25) is 0 Å². The summed E-state index contributed by atoms with van der Waals surface area (Å²) in [5.74, 6) is 2.57. The third kappa shape index (κ3) is 3.08. The van der Waals surface area contributed by atoms with Gasteiger partial charge in [0.1, 0.15) is 5.75 Å². The molecule has 2 aromatic heterocycles. The quantitative estimate of drug-likeness (QED) is 0.675. The lowest BCUT2D eigenvalue weighted by Gasteiger charge is -1.99. The van der Waals surface area contributed by atoms with Gasteiger partial charge < -0.3 is 13.8 Å². The Labute approximate surface area is 126 Å². The normalized spacial score (nSPS) is 10.8. The minimum absolute atomic E-state index is 0.507. The molecular weight excluding hydrogens is 288 g/mol. The van der Waals surface area contributed by atoms with E-state index in [9.17, 15) is 0 Å². The summed E-state index contributed by atoms with van der Waals surface area (Å²) in [4.78, 5) is 8.63. The summed E-state index contributed by atoms with van der Waals surface area (Å²) in [5.41, 5.74) is 0.872. The standard InChI is InChI=1S/C14H14N4O2S/c1-18-8-7-15-14(18)21-9-12-16-13(20-17-12)10-3-5-11(19-2)6-4-10/h3-8H,9H2,1-2H3. The predicted molar refractivity (Wildman–Crippen MR) is 79.1 cm³/mol. The van der Waals surface area contributed by atoms with E-state index in [0.717, 1.165) is 16.5 Å². The molecule has 3 aromatic rings. The fourth-order valence-corrected chi connectivity index (χ4v) is 2.56. The van der Waals surface area contributed by atoms with Crippen molar-refractivity contribution >= 4 is 11.8 Å². The molecule has 0 fully saturated rings. The van der Waals surface area contributed by atoms with E-state index in [4.69, 9.17) is 9.26 Å². The van der Waals surface area contributed by atoms with Crippen molar-refractivity contribution in [3.63, 3.8) is 0 Å². The second kappa shape index (κ2) is 6.01. The zero-order chi connectivity index (χ0) is 14.7. The summed E-state index contributed by atoms with van der Waals surface area (Å²) in [6.07, 6.45) is 3.67. The second-order valence-electron chi connectivity index (χ2n) is 4.35. The predicted octanol–water partition coefficient (Wildman–Crippen LogP) is 2.77. The molecule has 0 saturated heterocycles. The van der Waals surface area contributed by atoms with Crippen LogP contribution in [-0.4, -0.2) is 26.8 Å². The summed E-state index contributed by atoms with van der Waals surface area (Å²) in [6, 6.07) is 7.51. The number of hydrogen-bond acceptors (Lipinski definition) is 6. The molecule has 6 nitrogen and oxygen atoms in total. The SMILES string of the molecule is COc1ccc(-c2nc(CSc3nccn3C)no2)cc1. The zero-order valence-electron chi connectivity index (χ0n) is 11.7. The number of rotatable bonds is 5. The topological polar surface area (TPSA) is 66.0 Å². The lowest BCUT2D eigenvalue weighted by molar-refractivity contribution is 0.414. The lowest BCUT2D eigenvalue weighted by Crippen LogP contribution is -1.91. The average molecular weight is 302 g/mol. The highest BCUT2D eigenvalue weighted by Crippen LogP contribution is 2.23. The van der Waals surface area contributed by atoms with Gasteiger partial charge in [-0.15, -0.1) is 0 Å². The highest BCUT2D eigenvalue weighted by atomic mass is 32.2. The number of nitrogens with zero attached hydrogens (tertiary/aromatic N) is 4. The van der Waals surface area contributed by atoms with Crippen molar-refractivity contribution in [3.8, 4) is 17.2 Å². The first-order valence-corrected chi connectivity index (χ1v) is 7.32. The number of thioether (sulfide) groups is 1. The smallest absolute Gasteiger partial charge is 0.257 e. The van der Waals surface area contributed by atoms with E-state index < -0.39 is 0 Å². The van der Waals surface area contributed by atoms with Gasteiger partial charge in [-0.3, -0.25) is 0 Å². The van der Waals surface area contributed by atoms with Gasteiger partial charge in [-0.1, -0.05) is 16.9 Å². The first kappa shape index (κ1) is 13.7. The van der Waals surface area contributed by atoms with Crippen molar-refractivity contribution in [1.29, 1.82) is 0 Å². The second-order valence-corrected chi connectivity index (χ2v) is 5.30. The Hall–Kier alpha value is -2.28. The molecule has 0 atom stereocenters. The minimum Gasteiger partial charge on any atom is -0.497 e. The van der Waals surface area contributed by atoms with E-state index in [1.807, 2.05) is 42.1 Å². The molecule has 108 valence electrons. The Kier molecular flexibility index (Phi) is 3.92. The van der Waals surface area contributed by atoms with Gasteiger partial charge in [-0.05, 0) is 24.3 Å². The van der Waals surface area contributed by atoms with E-state index in [-0.39, 0.29) is 0 Å². The molecule has 0 saturated carbocycles. The van der Waals surface area contributed by atoms with E-state index in [2.05, 4.69) is 15.1 Å². The Balaban J connectivity index is 1.69. The van der Waals surface area contributed by atoms with E-state index in [1.165, 1.54) is 0 Å². The molecule has 21 heavy (non-hydrogen) atoms. The minimum atomic E-state index is 0.507. The van der Waals surface area contributed by atoms with Crippen LogP contribution in [0.5, 0.6) is 5.75 Å². The highest BCUT2D eigenvalue weighted by Gasteiger charge is 2.10. The molecule has 0 radical (unpaired) electrons. The fourth-order valence-electron chi connectivity index (χ4n) is 1.78. The van der Waals surface area contributed by atoms with Crippen molar-refractivity contribution in [2.45, 2.75) is 10.9 Å². The Morgan fingerprint density at radius 3 is 2.76 bits per heavy atom. The first-order chi connectivity index (χ1) is 10.3. The molecule has 0 aliphatic heterocycles. The lowest BCUT2D eigenvalue weighted by atomic mass is 10.2. The fraction of sp³-hybridized carbons (Fsp3) is 0.214. The molecule has 0 aliphatic carbocycles.